The van der Waals surface area contributed by atoms with E-state index in [9.17, 15) is 4.79 Å². The van der Waals surface area contributed by atoms with E-state index >= 15 is 0 Å². The molecule has 0 spiro atoms. The summed E-state index contributed by atoms with van der Waals surface area (Å²) in [6.07, 6.45) is 6.85. The van der Waals surface area contributed by atoms with Gasteiger partial charge in [-0.05, 0) is 25.0 Å². The number of Topliss-reactive ketones (excluding diaryl/α,β-unsaturated/α-hetero) is 1. The zero-order valence-electron chi connectivity index (χ0n) is 11.6. The van der Waals surface area contributed by atoms with Gasteiger partial charge >= 0.3 is 0 Å². The summed E-state index contributed by atoms with van der Waals surface area (Å²) in [6, 6.07) is 8.26. The quantitative estimate of drug-likeness (QED) is 0.460. The van der Waals surface area contributed by atoms with E-state index in [1.807, 2.05) is 12.1 Å². The van der Waals surface area contributed by atoms with Crippen molar-refractivity contribution in [3.63, 3.8) is 0 Å². The van der Waals surface area contributed by atoms with Crippen LogP contribution in [0.1, 0.15) is 51.0 Å². The molecule has 0 N–H and O–H groups in total. The van der Waals surface area contributed by atoms with Crippen LogP contribution in [0.15, 0.2) is 29.2 Å². The van der Waals surface area contributed by atoms with E-state index in [0.717, 1.165) is 12.8 Å². The number of hydrogen-bond donors (Lipinski definition) is 0. The van der Waals surface area contributed by atoms with E-state index in [1.54, 1.807) is 11.8 Å². The van der Waals surface area contributed by atoms with Crippen LogP contribution in [-0.2, 0) is 4.79 Å². The standard InChI is InChI=1S/C16H24OS/c1-3-4-5-6-7-11-15(17)13-18-16-12-9-8-10-14(16)2/h8-10,12H,3-7,11,13H2,1-2H3. The molecule has 100 valence electrons. The minimum absolute atomic E-state index is 0.389. The largest absolute Gasteiger partial charge is 0.299 e. The molecule has 0 bridgehead atoms. The first kappa shape index (κ1) is 15.3. The molecule has 0 aliphatic carbocycles. The van der Waals surface area contributed by atoms with Crippen LogP contribution in [0.3, 0.4) is 0 Å². The van der Waals surface area contributed by atoms with Gasteiger partial charge in [0.15, 0.2) is 0 Å². The summed E-state index contributed by atoms with van der Waals surface area (Å²) in [5.41, 5.74) is 1.26. The summed E-state index contributed by atoms with van der Waals surface area (Å²) in [7, 11) is 0. The molecule has 2 heteroatoms. The molecule has 1 nitrogen and oxygen atoms in total. The number of carbonyl (C=O) groups is 1. The predicted molar refractivity (Wildman–Crippen MR) is 80.3 cm³/mol. The highest BCUT2D eigenvalue weighted by Gasteiger charge is 2.04. The molecule has 0 radical (unpaired) electrons. The molecule has 0 atom stereocenters. The Morgan fingerprint density at radius 3 is 2.56 bits per heavy atom. The molecule has 0 fully saturated rings. The van der Waals surface area contributed by atoms with Crippen LogP contribution in [-0.4, -0.2) is 11.5 Å². The first-order valence-corrected chi connectivity index (χ1v) is 7.92. The summed E-state index contributed by atoms with van der Waals surface area (Å²) in [6.45, 7) is 4.31. The number of carbonyl (C=O) groups excluding carboxylic acids is 1. The van der Waals surface area contributed by atoms with E-state index < -0.39 is 0 Å². The number of hydrogen-bond acceptors (Lipinski definition) is 2. The predicted octanol–water partition coefficient (Wildman–Crippen LogP) is 5.02. The zero-order chi connectivity index (χ0) is 13.2. The van der Waals surface area contributed by atoms with E-state index in [1.165, 1.54) is 36.1 Å². The molecule has 0 aliphatic heterocycles. The Kier molecular flexibility index (Phi) is 7.83. The molecular formula is C16H24OS. The lowest BCUT2D eigenvalue weighted by Crippen LogP contribution is -2.01. The molecule has 0 saturated carbocycles. The molecule has 0 heterocycles. The monoisotopic (exact) mass is 264 g/mol. The van der Waals surface area contributed by atoms with Gasteiger partial charge in [0.2, 0.25) is 0 Å². The van der Waals surface area contributed by atoms with Gasteiger partial charge in [0.25, 0.3) is 0 Å². The fourth-order valence-corrected chi connectivity index (χ4v) is 2.81. The number of benzene rings is 1. The summed E-state index contributed by atoms with van der Waals surface area (Å²) >= 11 is 1.67. The molecule has 18 heavy (non-hydrogen) atoms. The Balaban J connectivity index is 2.15. The average Bonchev–Trinajstić information content (AvgIpc) is 2.37. The van der Waals surface area contributed by atoms with Crippen molar-refractivity contribution in [1.29, 1.82) is 0 Å². The third-order valence-electron chi connectivity index (χ3n) is 3.04. The molecular weight excluding hydrogens is 240 g/mol. The van der Waals surface area contributed by atoms with Gasteiger partial charge in [0, 0.05) is 11.3 Å². The summed E-state index contributed by atoms with van der Waals surface area (Å²) < 4.78 is 0. The lowest BCUT2D eigenvalue weighted by Gasteiger charge is -2.04. The average molecular weight is 264 g/mol. The van der Waals surface area contributed by atoms with Gasteiger partial charge < -0.3 is 0 Å². The maximum Gasteiger partial charge on any atom is 0.143 e. The first-order valence-electron chi connectivity index (χ1n) is 6.94. The van der Waals surface area contributed by atoms with Crippen molar-refractivity contribution in [3.05, 3.63) is 29.8 Å². The molecule has 0 saturated heterocycles. The van der Waals surface area contributed by atoms with Crippen molar-refractivity contribution >= 4 is 17.5 Å². The van der Waals surface area contributed by atoms with Crippen molar-refractivity contribution < 1.29 is 4.79 Å². The number of unbranched alkanes of at least 4 members (excludes halogenated alkanes) is 4. The van der Waals surface area contributed by atoms with Gasteiger partial charge in [-0.2, -0.15) is 0 Å². The molecule has 0 aromatic heterocycles. The Labute approximate surface area is 115 Å². The van der Waals surface area contributed by atoms with Crippen LogP contribution >= 0.6 is 11.8 Å². The minimum atomic E-state index is 0.389. The molecule has 1 rings (SSSR count). The fraction of sp³-hybridized carbons (Fsp3) is 0.562. The van der Waals surface area contributed by atoms with Crippen LogP contribution in [0.25, 0.3) is 0 Å². The van der Waals surface area contributed by atoms with E-state index in [2.05, 4.69) is 26.0 Å². The SMILES string of the molecule is CCCCCCCC(=O)CSc1ccccc1C. The van der Waals surface area contributed by atoms with E-state index in [-0.39, 0.29) is 0 Å². The van der Waals surface area contributed by atoms with E-state index in [4.69, 9.17) is 0 Å². The molecule has 0 amide bonds. The zero-order valence-corrected chi connectivity index (χ0v) is 12.4. The van der Waals surface area contributed by atoms with Crippen molar-refractivity contribution in [3.8, 4) is 0 Å². The number of rotatable bonds is 9. The third kappa shape index (κ3) is 6.25. The van der Waals surface area contributed by atoms with Gasteiger partial charge in [0.1, 0.15) is 5.78 Å². The van der Waals surface area contributed by atoms with Crippen LogP contribution in [0.5, 0.6) is 0 Å². The molecule has 1 aromatic carbocycles. The first-order chi connectivity index (χ1) is 8.74. The summed E-state index contributed by atoms with van der Waals surface area (Å²) in [4.78, 5) is 13.0. The highest BCUT2D eigenvalue weighted by molar-refractivity contribution is 8.00. The van der Waals surface area contributed by atoms with Gasteiger partial charge in [-0.3, -0.25) is 4.79 Å². The highest BCUT2D eigenvalue weighted by Crippen LogP contribution is 2.22. The second-order valence-electron chi connectivity index (χ2n) is 4.76. The molecule has 0 unspecified atom stereocenters. The van der Waals surface area contributed by atoms with Crippen molar-refractivity contribution in [2.45, 2.75) is 57.3 Å². The topological polar surface area (TPSA) is 17.1 Å². The lowest BCUT2D eigenvalue weighted by molar-refractivity contribution is -0.116. The van der Waals surface area contributed by atoms with Crippen LogP contribution in [0, 0.1) is 6.92 Å². The van der Waals surface area contributed by atoms with Gasteiger partial charge in [-0.25, -0.2) is 0 Å². The number of thioether (sulfide) groups is 1. The van der Waals surface area contributed by atoms with Gasteiger partial charge in [-0.1, -0.05) is 50.8 Å². The normalized spacial score (nSPS) is 10.6. The summed E-state index contributed by atoms with van der Waals surface area (Å²) in [5, 5.41) is 0. The smallest absolute Gasteiger partial charge is 0.143 e. The Morgan fingerprint density at radius 1 is 1.11 bits per heavy atom. The van der Waals surface area contributed by atoms with Crippen LogP contribution < -0.4 is 0 Å². The minimum Gasteiger partial charge on any atom is -0.299 e. The lowest BCUT2D eigenvalue weighted by atomic mass is 10.1. The van der Waals surface area contributed by atoms with Crippen molar-refractivity contribution in [2.24, 2.45) is 0 Å². The number of ketones is 1. The van der Waals surface area contributed by atoms with Gasteiger partial charge in [0.05, 0.1) is 5.75 Å². The Morgan fingerprint density at radius 2 is 1.83 bits per heavy atom. The van der Waals surface area contributed by atoms with Crippen molar-refractivity contribution in [2.75, 3.05) is 5.75 Å². The highest BCUT2D eigenvalue weighted by atomic mass is 32.2. The maximum absolute atomic E-state index is 11.7. The third-order valence-corrected chi connectivity index (χ3v) is 4.28. The van der Waals surface area contributed by atoms with Crippen LogP contribution in [0.2, 0.25) is 0 Å². The maximum atomic E-state index is 11.7. The van der Waals surface area contributed by atoms with Crippen molar-refractivity contribution in [1.82, 2.24) is 0 Å². The molecule has 0 aliphatic rings. The van der Waals surface area contributed by atoms with Crippen LogP contribution in [0.4, 0.5) is 0 Å². The van der Waals surface area contributed by atoms with E-state index in [0.29, 0.717) is 11.5 Å². The summed E-state index contributed by atoms with van der Waals surface area (Å²) in [5.74, 6) is 1.01. The second kappa shape index (κ2) is 9.21. The van der Waals surface area contributed by atoms with Gasteiger partial charge in [-0.15, -0.1) is 11.8 Å². The Hall–Kier alpha value is -0.760. The molecule has 1 aromatic rings. The number of aryl methyl sites for hydroxylation is 1. The Bertz CT molecular complexity index is 360. The second-order valence-corrected chi connectivity index (χ2v) is 5.77. The fourth-order valence-electron chi connectivity index (χ4n) is 1.87.